The van der Waals surface area contributed by atoms with E-state index >= 15 is 0 Å². The minimum atomic E-state index is -0.962. The maximum atomic E-state index is 12.4. The van der Waals surface area contributed by atoms with Gasteiger partial charge in [-0.05, 0) is 77.4 Å². The summed E-state index contributed by atoms with van der Waals surface area (Å²) in [5, 5.41) is 19.6. The molecule has 1 amide bonds. The van der Waals surface area contributed by atoms with Gasteiger partial charge in [0, 0.05) is 39.5 Å². The summed E-state index contributed by atoms with van der Waals surface area (Å²) in [4.78, 5) is 23.1. The molecule has 0 bridgehead atoms. The van der Waals surface area contributed by atoms with Crippen LogP contribution in [0.3, 0.4) is 0 Å². The first-order valence-electron chi connectivity index (χ1n) is 13.0. The van der Waals surface area contributed by atoms with Crippen molar-refractivity contribution in [2.75, 3.05) is 13.7 Å². The van der Waals surface area contributed by atoms with Gasteiger partial charge in [-0.1, -0.05) is 53.5 Å². The van der Waals surface area contributed by atoms with Crippen molar-refractivity contribution in [3.8, 4) is 28.1 Å². The first kappa shape index (κ1) is 28.2. The second-order valence-corrected chi connectivity index (χ2v) is 10.5. The number of benzene rings is 4. The average Bonchev–Trinajstić information content (AvgIpc) is 3.41. The average molecular weight is 588 g/mol. The SMILES string of the molecule is COc1ccc2cc(-c3cn([C@@H](C)c4ccc(C(=O)NCCC(=O)O)cc4)nc3-c3cc(Cl)cc(Cl)c3)ccc2c1. The van der Waals surface area contributed by atoms with Crippen LogP contribution < -0.4 is 10.1 Å². The van der Waals surface area contributed by atoms with Crippen LogP contribution in [0.2, 0.25) is 10.0 Å². The fourth-order valence-corrected chi connectivity index (χ4v) is 5.20. The minimum Gasteiger partial charge on any atom is -0.497 e. The van der Waals surface area contributed by atoms with Crippen molar-refractivity contribution in [1.82, 2.24) is 15.1 Å². The Bertz CT molecular complexity index is 1730. The molecule has 5 aromatic rings. The maximum Gasteiger partial charge on any atom is 0.305 e. The van der Waals surface area contributed by atoms with Gasteiger partial charge in [0.1, 0.15) is 11.4 Å². The minimum absolute atomic E-state index is 0.0704. The number of nitrogens with one attached hydrogen (secondary N) is 1. The quantitative estimate of drug-likeness (QED) is 0.186. The molecule has 41 heavy (non-hydrogen) atoms. The number of hydrogen-bond acceptors (Lipinski definition) is 4. The van der Waals surface area contributed by atoms with Crippen molar-refractivity contribution in [3.05, 3.63) is 106 Å². The van der Waals surface area contributed by atoms with E-state index < -0.39 is 5.97 Å². The highest BCUT2D eigenvalue weighted by atomic mass is 35.5. The van der Waals surface area contributed by atoms with Gasteiger partial charge in [-0.2, -0.15) is 5.10 Å². The van der Waals surface area contributed by atoms with Gasteiger partial charge in [0.15, 0.2) is 0 Å². The van der Waals surface area contributed by atoms with E-state index in [1.165, 1.54) is 0 Å². The number of aliphatic carboxylic acids is 1. The van der Waals surface area contributed by atoms with Crippen molar-refractivity contribution in [3.63, 3.8) is 0 Å². The summed E-state index contributed by atoms with van der Waals surface area (Å²) in [6, 6.07) is 24.6. The number of amides is 1. The van der Waals surface area contributed by atoms with Crippen molar-refractivity contribution in [2.24, 2.45) is 0 Å². The summed E-state index contributed by atoms with van der Waals surface area (Å²) in [7, 11) is 1.65. The van der Waals surface area contributed by atoms with Gasteiger partial charge in [-0.15, -0.1) is 0 Å². The molecular formula is C32H27Cl2N3O4. The number of halogens is 2. The molecule has 0 radical (unpaired) electrons. The highest BCUT2D eigenvalue weighted by molar-refractivity contribution is 6.35. The summed E-state index contributed by atoms with van der Waals surface area (Å²) in [5.74, 6) is -0.484. The predicted molar refractivity (Wildman–Crippen MR) is 162 cm³/mol. The first-order valence-corrected chi connectivity index (χ1v) is 13.7. The molecule has 1 heterocycles. The molecule has 1 aromatic heterocycles. The number of carboxylic acids is 1. The van der Waals surface area contributed by atoms with Crippen LogP contribution in [-0.2, 0) is 4.79 Å². The number of carbonyl (C=O) groups is 2. The van der Waals surface area contributed by atoms with E-state index in [1.807, 2.05) is 60.3 Å². The van der Waals surface area contributed by atoms with Gasteiger partial charge < -0.3 is 15.2 Å². The molecule has 0 unspecified atom stereocenters. The zero-order chi connectivity index (χ0) is 29.1. The Morgan fingerprint density at radius 2 is 1.61 bits per heavy atom. The molecule has 1 atom stereocenters. The summed E-state index contributed by atoms with van der Waals surface area (Å²) in [6.07, 6.45) is 1.88. The van der Waals surface area contributed by atoms with Crippen LogP contribution in [0.5, 0.6) is 5.75 Å². The molecule has 4 aromatic carbocycles. The monoisotopic (exact) mass is 587 g/mol. The molecule has 5 rings (SSSR count). The number of methoxy groups -OCH3 is 1. The molecule has 0 fully saturated rings. The second-order valence-electron chi connectivity index (χ2n) is 9.65. The largest absolute Gasteiger partial charge is 0.497 e. The van der Waals surface area contributed by atoms with Crippen molar-refractivity contribution < 1.29 is 19.4 Å². The van der Waals surface area contributed by atoms with Crippen LogP contribution in [0.4, 0.5) is 0 Å². The zero-order valence-electron chi connectivity index (χ0n) is 22.4. The maximum absolute atomic E-state index is 12.4. The lowest BCUT2D eigenvalue weighted by Crippen LogP contribution is -2.26. The smallest absolute Gasteiger partial charge is 0.305 e. The van der Waals surface area contributed by atoms with Crippen molar-refractivity contribution in [1.29, 1.82) is 0 Å². The lowest BCUT2D eigenvalue weighted by Gasteiger charge is -2.13. The van der Waals surface area contributed by atoms with E-state index in [0.29, 0.717) is 15.6 Å². The van der Waals surface area contributed by atoms with Crippen molar-refractivity contribution in [2.45, 2.75) is 19.4 Å². The number of hydrogen-bond donors (Lipinski definition) is 2. The Balaban J connectivity index is 1.50. The Morgan fingerprint density at radius 3 is 2.29 bits per heavy atom. The molecule has 0 spiro atoms. The van der Waals surface area contributed by atoms with Crippen LogP contribution in [0, 0.1) is 0 Å². The number of carbonyl (C=O) groups excluding carboxylic acids is 1. The Kier molecular flexibility index (Phi) is 8.28. The van der Waals surface area contributed by atoms with E-state index in [4.69, 9.17) is 38.1 Å². The van der Waals surface area contributed by atoms with E-state index in [9.17, 15) is 9.59 Å². The number of aromatic nitrogens is 2. The Morgan fingerprint density at radius 1 is 0.927 bits per heavy atom. The van der Waals surface area contributed by atoms with Crippen LogP contribution in [0.15, 0.2) is 85.1 Å². The standard InChI is InChI=1S/C32H27Cl2N3O4/c1-19(20-3-5-21(6-4-20)32(40)35-12-11-30(38)39)37-18-29(31(36-37)25-14-26(33)17-27(34)15-25)24-8-7-23-16-28(41-2)10-9-22(23)13-24/h3-10,13-19H,11-12H2,1-2H3,(H,35,40)(H,38,39)/t19-/m0/s1. The third-order valence-electron chi connectivity index (χ3n) is 6.90. The van der Waals surface area contributed by atoms with E-state index in [2.05, 4.69) is 23.5 Å². The third kappa shape index (κ3) is 6.37. The summed E-state index contributed by atoms with van der Waals surface area (Å²) in [5.41, 5.74) is 4.84. The fourth-order valence-electron chi connectivity index (χ4n) is 4.67. The van der Waals surface area contributed by atoms with Gasteiger partial charge in [-0.3, -0.25) is 14.3 Å². The molecule has 7 nitrogen and oxygen atoms in total. The molecule has 0 saturated heterocycles. The van der Waals surface area contributed by atoms with Crippen LogP contribution >= 0.6 is 23.2 Å². The van der Waals surface area contributed by atoms with Crippen LogP contribution in [0.1, 0.15) is 35.3 Å². The lowest BCUT2D eigenvalue weighted by atomic mass is 9.99. The summed E-state index contributed by atoms with van der Waals surface area (Å²) < 4.78 is 7.26. The van der Waals surface area contributed by atoms with Crippen LogP contribution in [0.25, 0.3) is 33.2 Å². The molecule has 0 saturated carbocycles. The summed E-state index contributed by atoms with van der Waals surface area (Å²) in [6.45, 7) is 2.10. The number of carboxylic acid groups (broad SMARTS) is 1. The fraction of sp³-hybridized carbons (Fsp3) is 0.156. The van der Waals surface area contributed by atoms with Gasteiger partial charge in [0.2, 0.25) is 0 Å². The molecule has 9 heteroatoms. The predicted octanol–water partition coefficient (Wildman–Crippen LogP) is 7.50. The lowest BCUT2D eigenvalue weighted by molar-refractivity contribution is -0.136. The van der Waals surface area contributed by atoms with Crippen molar-refractivity contribution >= 4 is 45.9 Å². The molecule has 208 valence electrons. The normalized spacial score (nSPS) is 11.8. The molecule has 0 aliphatic heterocycles. The van der Waals surface area contributed by atoms with Gasteiger partial charge >= 0.3 is 5.97 Å². The van der Waals surface area contributed by atoms with E-state index in [0.717, 1.165) is 44.5 Å². The first-order chi connectivity index (χ1) is 19.7. The topological polar surface area (TPSA) is 93.5 Å². The molecule has 0 aliphatic carbocycles. The summed E-state index contributed by atoms with van der Waals surface area (Å²) >= 11 is 12.7. The van der Waals surface area contributed by atoms with Gasteiger partial charge in [-0.25, -0.2) is 0 Å². The third-order valence-corrected chi connectivity index (χ3v) is 7.34. The number of fused-ring (bicyclic) bond motifs is 1. The van der Waals surface area contributed by atoms with Crippen LogP contribution in [-0.4, -0.2) is 40.4 Å². The Hall–Kier alpha value is -4.33. The van der Waals surface area contributed by atoms with Gasteiger partial charge in [0.05, 0.1) is 19.6 Å². The second kappa shape index (κ2) is 12.0. The van der Waals surface area contributed by atoms with E-state index in [-0.39, 0.29) is 24.9 Å². The highest BCUT2D eigenvalue weighted by Gasteiger charge is 2.19. The number of nitrogens with zero attached hydrogens (tertiary/aromatic N) is 2. The highest BCUT2D eigenvalue weighted by Crippen LogP contribution is 2.37. The molecular weight excluding hydrogens is 561 g/mol. The Labute approximate surface area is 247 Å². The number of rotatable bonds is 9. The molecule has 0 aliphatic rings. The van der Waals surface area contributed by atoms with Gasteiger partial charge in [0.25, 0.3) is 5.91 Å². The number of ether oxygens (including phenoxy) is 1. The molecule has 2 N–H and O–H groups in total. The zero-order valence-corrected chi connectivity index (χ0v) is 23.9. The van der Waals surface area contributed by atoms with E-state index in [1.54, 1.807) is 25.3 Å².